The van der Waals surface area contributed by atoms with E-state index in [1.54, 1.807) is 39.3 Å². The molecule has 0 fully saturated rings. The number of amides is 1. The van der Waals surface area contributed by atoms with Crippen LogP contribution in [0.3, 0.4) is 0 Å². The minimum absolute atomic E-state index is 0.0778. The molecule has 3 rings (SSSR count). The zero-order valence-electron chi connectivity index (χ0n) is 19.0. The average molecular weight is 453 g/mol. The second kappa shape index (κ2) is 9.44. The molecular formula is C25H28N2O4S. The smallest absolute Gasteiger partial charge is 0.262 e. The number of rotatable bonds is 7. The molecule has 168 valence electrons. The van der Waals surface area contributed by atoms with Crippen molar-refractivity contribution in [3.8, 4) is 5.75 Å². The predicted octanol–water partition coefficient (Wildman–Crippen LogP) is 4.69. The molecule has 0 aliphatic heterocycles. The van der Waals surface area contributed by atoms with Crippen LogP contribution in [-0.4, -0.2) is 33.4 Å². The summed E-state index contributed by atoms with van der Waals surface area (Å²) in [4.78, 5) is 14.7. The van der Waals surface area contributed by atoms with Crippen molar-refractivity contribution in [2.45, 2.75) is 32.2 Å². The molecule has 3 aromatic rings. The number of hydrogen-bond acceptors (Lipinski definition) is 4. The van der Waals surface area contributed by atoms with Crippen molar-refractivity contribution in [1.29, 1.82) is 0 Å². The van der Waals surface area contributed by atoms with Gasteiger partial charge < -0.3 is 9.64 Å². The quantitative estimate of drug-likeness (QED) is 0.564. The summed E-state index contributed by atoms with van der Waals surface area (Å²) >= 11 is 0. The van der Waals surface area contributed by atoms with E-state index in [-0.39, 0.29) is 10.8 Å². The number of nitrogens with zero attached hydrogens (tertiary/aromatic N) is 1. The van der Waals surface area contributed by atoms with Gasteiger partial charge >= 0.3 is 0 Å². The Balaban J connectivity index is 1.87. The summed E-state index contributed by atoms with van der Waals surface area (Å²) in [7, 11) is -0.610. The molecule has 7 heteroatoms. The van der Waals surface area contributed by atoms with Crippen molar-refractivity contribution in [3.05, 3.63) is 88.5 Å². The largest absolute Gasteiger partial charge is 0.496 e. The first-order chi connectivity index (χ1) is 15.1. The van der Waals surface area contributed by atoms with Gasteiger partial charge in [-0.05, 0) is 56.2 Å². The Hall–Kier alpha value is -3.32. The Labute approximate surface area is 189 Å². The minimum atomic E-state index is -3.87. The molecule has 0 heterocycles. The summed E-state index contributed by atoms with van der Waals surface area (Å²) in [5.74, 6) is 0.413. The summed E-state index contributed by atoms with van der Waals surface area (Å²) in [6.07, 6.45) is 0. The third-order valence-corrected chi connectivity index (χ3v) is 6.81. The van der Waals surface area contributed by atoms with Gasteiger partial charge in [-0.3, -0.25) is 9.52 Å². The minimum Gasteiger partial charge on any atom is -0.496 e. The molecule has 0 saturated heterocycles. The van der Waals surface area contributed by atoms with Crippen molar-refractivity contribution >= 4 is 21.6 Å². The van der Waals surface area contributed by atoms with E-state index in [0.717, 1.165) is 16.7 Å². The van der Waals surface area contributed by atoms with Crippen LogP contribution in [0.25, 0.3) is 0 Å². The Kier molecular flexibility index (Phi) is 6.89. The lowest BCUT2D eigenvalue weighted by molar-refractivity contribution is 0.0784. The maximum atomic E-state index is 13.1. The summed E-state index contributed by atoms with van der Waals surface area (Å²) < 4.78 is 34.3. The second-order valence-corrected chi connectivity index (χ2v) is 9.53. The molecule has 0 aliphatic carbocycles. The van der Waals surface area contributed by atoms with Gasteiger partial charge in [0.15, 0.2) is 0 Å². The first kappa shape index (κ1) is 23.3. The molecule has 32 heavy (non-hydrogen) atoms. The standard InChI is InChI=1S/C25H28N2O4S/c1-17-10-13-22(19(3)14-17)26-32(29,30)24-15-20(12-11-18(24)2)25(28)27(4)16-21-8-6-7-9-23(21)31-5/h6-15,26H,16H2,1-5H3. The summed E-state index contributed by atoms with van der Waals surface area (Å²) in [5, 5.41) is 0. The maximum absolute atomic E-state index is 13.1. The van der Waals surface area contributed by atoms with Gasteiger partial charge in [0.1, 0.15) is 5.75 Å². The van der Waals surface area contributed by atoms with E-state index in [1.807, 2.05) is 50.2 Å². The van der Waals surface area contributed by atoms with Crippen molar-refractivity contribution < 1.29 is 17.9 Å². The van der Waals surface area contributed by atoms with Crippen LogP contribution in [0.2, 0.25) is 0 Å². The Bertz CT molecular complexity index is 1250. The molecule has 1 N–H and O–H groups in total. The highest BCUT2D eigenvalue weighted by molar-refractivity contribution is 7.92. The second-order valence-electron chi connectivity index (χ2n) is 7.88. The lowest BCUT2D eigenvalue weighted by atomic mass is 10.1. The van der Waals surface area contributed by atoms with E-state index in [2.05, 4.69) is 4.72 Å². The van der Waals surface area contributed by atoms with Crippen LogP contribution in [0.5, 0.6) is 5.75 Å². The number of para-hydroxylation sites is 1. The molecular weight excluding hydrogens is 424 g/mol. The zero-order valence-corrected chi connectivity index (χ0v) is 19.8. The maximum Gasteiger partial charge on any atom is 0.262 e. The number of aryl methyl sites for hydroxylation is 3. The number of methoxy groups -OCH3 is 1. The molecule has 0 saturated carbocycles. The topological polar surface area (TPSA) is 75.7 Å². The fraction of sp³-hybridized carbons (Fsp3) is 0.240. The van der Waals surface area contributed by atoms with E-state index in [9.17, 15) is 13.2 Å². The van der Waals surface area contributed by atoms with E-state index in [4.69, 9.17) is 4.74 Å². The monoisotopic (exact) mass is 452 g/mol. The molecule has 0 bridgehead atoms. The van der Waals surface area contributed by atoms with E-state index in [1.165, 1.54) is 11.0 Å². The normalized spacial score (nSPS) is 11.2. The Morgan fingerprint density at radius 2 is 1.69 bits per heavy atom. The van der Waals surface area contributed by atoms with Gasteiger partial charge in [0.2, 0.25) is 0 Å². The van der Waals surface area contributed by atoms with Crippen LogP contribution in [-0.2, 0) is 16.6 Å². The first-order valence-corrected chi connectivity index (χ1v) is 11.7. The van der Waals surface area contributed by atoms with Crippen LogP contribution in [0.4, 0.5) is 5.69 Å². The van der Waals surface area contributed by atoms with Crippen molar-refractivity contribution in [2.75, 3.05) is 18.9 Å². The van der Waals surface area contributed by atoms with Crippen molar-refractivity contribution in [1.82, 2.24) is 4.90 Å². The van der Waals surface area contributed by atoms with Crippen LogP contribution in [0.1, 0.15) is 32.6 Å². The third-order valence-electron chi connectivity index (χ3n) is 5.30. The molecule has 0 unspecified atom stereocenters. The van der Waals surface area contributed by atoms with Crippen LogP contribution >= 0.6 is 0 Å². The summed E-state index contributed by atoms with van der Waals surface area (Å²) in [5.41, 5.74) is 4.12. The van der Waals surface area contributed by atoms with Gasteiger partial charge in [0.25, 0.3) is 15.9 Å². The predicted molar refractivity (Wildman–Crippen MR) is 127 cm³/mol. The van der Waals surface area contributed by atoms with Gasteiger partial charge in [-0.1, -0.05) is 42.0 Å². The average Bonchev–Trinajstić information content (AvgIpc) is 2.75. The number of carbonyl (C=O) groups excluding carboxylic acids is 1. The number of sulfonamides is 1. The third kappa shape index (κ3) is 5.11. The highest BCUT2D eigenvalue weighted by atomic mass is 32.2. The summed E-state index contributed by atoms with van der Waals surface area (Å²) in [6, 6.07) is 17.7. The molecule has 6 nitrogen and oxygen atoms in total. The van der Waals surface area contributed by atoms with Gasteiger partial charge in [-0.15, -0.1) is 0 Å². The lowest BCUT2D eigenvalue weighted by Gasteiger charge is -2.20. The van der Waals surface area contributed by atoms with Gasteiger partial charge in [0.05, 0.1) is 17.7 Å². The zero-order chi connectivity index (χ0) is 23.5. The van der Waals surface area contributed by atoms with Crippen LogP contribution in [0, 0.1) is 20.8 Å². The highest BCUT2D eigenvalue weighted by Gasteiger charge is 2.22. The number of carbonyl (C=O) groups is 1. The van der Waals surface area contributed by atoms with E-state index >= 15 is 0 Å². The Morgan fingerprint density at radius 1 is 0.969 bits per heavy atom. The van der Waals surface area contributed by atoms with Gasteiger partial charge in [0, 0.05) is 24.7 Å². The van der Waals surface area contributed by atoms with Crippen LogP contribution < -0.4 is 9.46 Å². The molecule has 0 aromatic heterocycles. The van der Waals surface area contributed by atoms with Crippen molar-refractivity contribution in [2.24, 2.45) is 0 Å². The molecule has 0 atom stereocenters. The highest BCUT2D eigenvalue weighted by Crippen LogP contribution is 2.25. The number of nitrogens with one attached hydrogen (secondary N) is 1. The van der Waals surface area contributed by atoms with Gasteiger partial charge in [-0.2, -0.15) is 0 Å². The number of hydrogen-bond donors (Lipinski definition) is 1. The van der Waals surface area contributed by atoms with Gasteiger partial charge in [-0.25, -0.2) is 8.42 Å². The van der Waals surface area contributed by atoms with Crippen LogP contribution in [0.15, 0.2) is 65.6 Å². The van der Waals surface area contributed by atoms with Crippen molar-refractivity contribution in [3.63, 3.8) is 0 Å². The first-order valence-electron chi connectivity index (χ1n) is 10.2. The molecule has 3 aromatic carbocycles. The lowest BCUT2D eigenvalue weighted by Crippen LogP contribution is -2.27. The fourth-order valence-electron chi connectivity index (χ4n) is 3.53. The summed E-state index contributed by atoms with van der Waals surface area (Å²) in [6.45, 7) is 5.85. The number of benzene rings is 3. The molecule has 1 amide bonds. The number of ether oxygens (including phenoxy) is 1. The number of anilines is 1. The van der Waals surface area contributed by atoms with E-state index < -0.39 is 10.0 Å². The molecule has 0 aliphatic rings. The molecule has 0 spiro atoms. The molecule has 0 radical (unpaired) electrons. The SMILES string of the molecule is COc1ccccc1CN(C)C(=O)c1ccc(C)c(S(=O)(=O)Nc2ccc(C)cc2C)c1. The Morgan fingerprint density at radius 3 is 2.38 bits per heavy atom. The van der Waals surface area contributed by atoms with E-state index in [0.29, 0.717) is 29.1 Å². The fourth-order valence-corrected chi connectivity index (χ4v) is 4.93.